The fourth-order valence-electron chi connectivity index (χ4n) is 2.43. The minimum Gasteiger partial charge on any atom is -0.508 e. The average Bonchev–Trinajstić information content (AvgIpc) is 2.50. The predicted octanol–water partition coefficient (Wildman–Crippen LogP) is 2.25. The highest BCUT2D eigenvalue weighted by molar-refractivity contribution is 5.40. The van der Waals surface area contributed by atoms with E-state index >= 15 is 0 Å². The Kier molecular flexibility index (Phi) is 5.06. The van der Waals surface area contributed by atoms with Gasteiger partial charge in [-0.2, -0.15) is 0 Å². The molecule has 0 saturated heterocycles. The molecule has 1 aliphatic rings. The summed E-state index contributed by atoms with van der Waals surface area (Å²) in [5.74, 6) is 1.13. The number of hydrogen-bond donors (Lipinski definition) is 1. The van der Waals surface area contributed by atoms with Gasteiger partial charge >= 0.3 is 0 Å². The molecule has 4 heteroatoms. The number of phenols is 1. The van der Waals surface area contributed by atoms with Crippen molar-refractivity contribution in [3.63, 3.8) is 0 Å². The Morgan fingerprint density at radius 1 is 1.25 bits per heavy atom. The van der Waals surface area contributed by atoms with Crippen LogP contribution in [0, 0.1) is 0 Å². The maximum absolute atomic E-state index is 9.92. The molecule has 112 valence electrons. The van der Waals surface area contributed by atoms with Crippen molar-refractivity contribution >= 4 is 0 Å². The number of hydrogen-bond acceptors (Lipinski definition) is 3. The number of phenolic OH excluding ortho intramolecular Hbond substituents is 1. The number of ether oxygens (including phenoxy) is 1. The molecular weight excluding hydrogens is 254 g/mol. The Morgan fingerprint density at radius 3 is 2.55 bits per heavy atom. The minimum absolute atomic E-state index is 0. The van der Waals surface area contributed by atoms with Gasteiger partial charge in [0, 0.05) is 13.1 Å². The molecule has 0 aliphatic carbocycles. The number of benzene rings is 1. The summed E-state index contributed by atoms with van der Waals surface area (Å²) in [5.41, 5.74) is 2.07. The van der Waals surface area contributed by atoms with Gasteiger partial charge in [-0.05, 0) is 57.4 Å². The molecule has 2 rings (SSSR count). The van der Waals surface area contributed by atoms with E-state index in [2.05, 4.69) is 17.5 Å². The smallest absolute Gasteiger partial charge is 0.182 e. The van der Waals surface area contributed by atoms with Crippen LogP contribution in [0.2, 0.25) is 0 Å². The van der Waals surface area contributed by atoms with Crippen LogP contribution in [0.3, 0.4) is 0 Å². The van der Waals surface area contributed by atoms with E-state index in [4.69, 9.17) is 4.74 Å². The first-order valence-electron chi connectivity index (χ1n) is 6.79. The first-order valence-corrected chi connectivity index (χ1v) is 6.79. The van der Waals surface area contributed by atoms with Gasteiger partial charge in [-0.15, -0.1) is 0 Å². The molecule has 1 aromatic rings. The molecule has 0 unspecified atom stereocenters. The van der Waals surface area contributed by atoms with Crippen LogP contribution < -0.4 is 0 Å². The number of aromatic hydroxyl groups is 1. The summed E-state index contributed by atoms with van der Waals surface area (Å²) >= 11 is 0. The Hall–Kier alpha value is -1.68. The molecule has 0 aromatic heterocycles. The van der Waals surface area contributed by atoms with E-state index in [0.29, 0.717) is 5.75 Å². The summed E-state index contributed by atoms with van der Waals surface area (Å²) in [6, 6.07) is 5.76. The number of nitrogens with zero attached hydrogens (tertiary/aromatic N) is 1. The lowest BCUT2D eigenvalue weighted by molar-refractivity contribution is 0.00397. The summed E-state index contributed by atoms with van der Waals surface area (Å²) in [4.78, 5) is 2.16. The summed E-state index contributed by atoms with van der Waals surface area (Å²) in [5, 5.41) is 9.92. The Bertz CT molecular complexity index is 477. The summed E-state index contributed by atoms with van der Waals surface area (Å²) in [7, 11) is 0. The zero-order chi connectivity index (χ0) is 14.0. The summed E-state index contributed by atoms with van der Waals surface area (Å²) in [6.07, 6.45) is 1.74. The third kappa shape index (κ3) is 3.90. The fraction of sp³-hybridized carbons (Fsp3) is 0.500. The van der Waals surface area contributed by atoms with Gasteiger partial charge in [0.15, 0.2) is 5.88 Å². The lowest BCUT2D eigenvalue weighted by atomic mass is 10.0. The van der Waals surface area contributed by atoms with E-state index in [-0.39, 0.29) is 11.1 Å². The number of fused-ring (bicyclic) bond motifs is 1. The van der Waals surface area contributed by atoms with Crippen molar-refractivity contribution in [3.05, 3.63) is 41.8 Å². The SMILES string of the molecule is C=C(OC(C)(C)C)N1CCc2cccc(O)c2CC1.O. The van der Waals surface area contributed by atoms with Crippen molar-refractivity contribution in [1.82, 2.24) is 4.90 Å². The first-order chi connectivity index (χ1) is 8.87. The molecule has 0 spiro atoms. The highest BCUT2D eigenvalue weighted by Crippen LogP contribution is 2.26. The highest BCUT2D eigenvalue weighted by atomic mass is 16.5. The summed E-state index contributed by atoms with van der Waals surface area (Å²) in [6.45, 7) is 11.8. The van der Waals surface area contributed by atoms with E-state index in [1.807, 2.05) is 26.8 Å². The van der Waals surface area contributed by atoms with Crippen molar-refractivity contribution < 1.29 is 15.3 Å². The normalized spacial score (nSPS) is 14.8. The van der Waals surface area contributed by atoms with Gasteiger partial charge < -0.3 is 20.2 Å². The van der Waals surface area contributed by atoms with Gasteiger partial charge in [0.1, 0.15) is 11.4 Å². The zero-order valence-corrected chi connectivity index (χ0v) is 12.6. The monoisotopic (exact) mass is 279 g/mol. The van der Waals surface area contributed by atoms with Crippen LogP contribution in [0.5, 0.6) is 5.75 Å². The van der Waals surface area contributed by atoms with Crippen molar-refractivity contribution in [3.8, 4) is 5.75 Å². The second-order valence-corrected chi connectivity index (χ2v) is 6.01. The third-order valence-electron chi connectivity index (χ3n) is 3.31. The quantitative estimate of drug-likeness (QED) is 0.844. The molecule has 1 heterocycles. The van der Waals surface area contributed by atoms with Crippen LogP contribution in [0.4, 0.5) is 0 Å². The van der Waals surface area contributed by atoms with Crippen LogP contribution in [0.1, 0.15) is 31.9 Å². The van der Waals surface area contributed by atoms with Gasteiger partial charge in [-0.3, -0.25) is 0 Å². The molecule has 1 aromatic carbocycles. The van der Waals surface area contributed by atoms with Crippen LogP contribution in [-0.2, 0) is 17.6 Å². The second-order valence-electron chi connectivity index (χ2n) is 6.01. The lowest BCUT2D eigenvalue weighted by Crippen LogP contribution is -2.31. The Morgan fingerprint density at radius 2 is 1.90 bits per heavy atom. The van der Waals surface area contributed by atoms with Crippen LogP contribution in [0.25, 0.3) is 0 Å². The topological polar surface area (TPSA) is 64.2 Å². The molecule has 0 atom stereocenters. The number of rotatable bonds is 2. The molecule has 0 fully saturated rings. The van der Waals surface area contributed by atoms with Crippen LogP contribution >= 0.6 is 0 Å². The molecule has 3 N–H and O–H groups in total. The maximum atomic E-state index is 9.92. The van der Waals surface area contributed by atoms with Gasteiger partial charge in [0.05, 0.1) is 0 Å². The Balaban J connectivity index is 0.00000200. The molecule has 4 nitrogen and oxygen atoms in total. The second kappa shape index (κ2) is 6.18. The fourth-order valence-corrected chi connectivity index (χ4v) is 2.43. The average molecular weight is 279 g/mol. The molecular formula is C16H25NO3. The Labute approximate surface area is 121 Å². The van der Waals surface area contributed by atoms with Crippen molar-refractivity contribution in [2.75, 3.05) is 13.1 Å². The van der Waals surface area contributed by atoms with E-state index in [9.17, 15) is 5.11 Å². The zero-order valence-electron chi connectivity index (χ0n) is 12.6. The molecule has 20 heavy (non-hydrogen) atoms. The van der Waals surface area contributed by atoms with Crippen molar-refractivity contribution in [2.45, 2.75) is 39.2 Å². The molecule has 0 saturated carbocycles. The van der Waals surface area contributed by atoms with E-state index in [1.165, 1.54) is 5.56 Å². The molecule has 1 aliphatic heterocycles. The molecule has 0 radical (unpaired) electrons. The largest absolute Gasteiger partial charge is 0.508 e. The third-order valence-corrected chi connectivity index (χ3v) is 3.31. The van der Waals surface area contributed by atoms with Crippen molar-refractivity contribution in [2.24, 2.45) is 0 Å². The highest BCUT2D eigenvalue weighted by Gasteiger charge is 2.21. The first kappa shape index (κ1) is 16.4. The van der Waals surface area contributed by atoms with Gasteiger partial charge in [-0.1, -0.05) is 12.1 Å². The van der Waals surface area contributed by atoms with E-state index in [1.54, 1.807) is 6.07 Å². The van der Waals surface area contributed by atoms with Gasteiger partial charge in [-0.25, -0.2) is 0 Å². The van der Waals surface area contributed by atoms with Gasteiger partial charge in [0.25, 0.3) is 0 Å². The van der Waals surface area contributed by atoms with Gasteiger partial charge in [0.2, 0.25) is 0 Å². The van der Waals surface area contributed by atoms with Crippen molar-refractivity contribution in [1.29, 1.82) is 0 Å². The maximum Gasteiger partial charge on any atom is 0.182 e. The molecule has 0 amide bonds. The molecule has 0 bridgehead atoms. The van der Waals surface area contributed by atoms with E-state index in [0.717, 1.165) is 37.4 Å². The summed E-state index contributed by atoms with van der Waals surface area (Å²) < 4.78 is 5.83. The standard InChI is InChI=1S/C16H23NO2.H2O/c1-12(19-16(2,3)4)17-10-8-13-6-5-7-15(18)14(13)9-11-17;/h5-7,18H,1,8-11H2,2-4H3;1H2. The van der Waals surface area contributed by atoms with Crippen LogP contribution in [-0.4, -0.2) is 34.2 Å². The minimum atomic E-state index is -0.224. The van der Waals surface area contributed by atoms with E-state index < -0.39 is 0 Å². The lowest BCUT2D eigenvalue weighted by Gasteiger charge is -2.30. The predicted molar refractivity (Wildman–Crippen MR) is 80.7 cm³/mol. The van der Waals surface area contributed by atoms with Crippen LogP contribution in [0.15, 0.2) is 30.7 Å².